The maximum Gasteiger partial charge on any atom is 0.184 e. The van der Waals surface area contributed by atoms with E-state index in [2.05, 4.69) is 24.4 Å². The molecule has 0 unspecified atom stereocenters. The van der Waals surface area contributed by atoms with Crippen LogP contribution in [0.25, 0.3) is 0 Å². The van der Waals surface area contributed by atoms with Crippen molar-refractivity contribution in [1.82, 2.24) is 5.43 Å². The van der Waals surface area contributed by atoms with E-state index in [1.54, 1.807) is 0 Å². The first kappa shape index (κ1) is 12.6. The zero-order valence-electron chi connectivity index (χ0n) is 9.60. The second-order valence-electron chi connectivity index (χ2n) is 4.00. The Morgan fingerprint density at radius 2 is 2.00 bits per heavy atom. The Bertz CT molecular complexity index is 371. The number of rotatable bonds is 4. The lowest BCUT2D eigenvalue weighted by Crippen LogP contribution is -2.26. The van der Waals surface area contributed by atoms with Crippen molar-refractivity contribution in [2.45, 2.75) is 20.3 Å². The molecule has 0 saturated heterocycles. The molecular formula is C12H17N3S. The van der Waals surface area contributed by atoms with Gasteiger partial charge in [-0.3, -0.25) is 5.43 Å². The van der Waals surface area contributed by atoms with Crippen LogP contribution < -0.4 is 11.2 Å². The minimum Gasteiger partial charge on any atom is -0.375 e. The minimum absolute atomic E-state index is 0.192. The van der Waals surface area contributed by atoms with E-state index < -0.39 is 0 Å². The number of thiocarbonyl (C=S) groups is 1. The van der Waals surface area contributed by atoms with Gasteiger partial charge in [0.15, 0.2) is 5.11 Å². The van der Waals surface area contributed by atoms with Gasteiger partial charge in [-0.2, -0.15) is 5.10 Å². The van der Waals surface area contributed by atoms with E-state index in [4.69, 9.17) is 18.0 Å². The Morgan fingerprint density at radius 3 is 2.50 bits per heavy atom. The molecule has 0 spiro atoms. The highest BCUT2D eigenvalue weighted by Crippen LogP contribution is 2.09. The van der Waals surface area contributed by atoms with Crippen LogP contribution in [-0.4, -0.2) is 10.8 Å². The second-order valence-corrected chi connectivity index (χ2v) is 4.44. The van der Waals surface area contributed by atoms with Crippen molar-refractivity contribution in [3.63, 3.8) is 0 Å². The summed E-state index contributed by atoms with van der Waals surface area (Å²) in [5.41, 5.74) is 10.1. The van der Waals surface area contributed by atoms with Crippen molar-refractivity contribution in [2.75, 3.05) is 0 Å². The molecule has 0 atom stereocenters. The summed E-state index contributed by atoms with van der Waals surface area (Å²) in [6.07, 6.45) is 0.889. The lowest BCUT2D eigenvalue weighted by molar-refractivity contribution is 0.681. The van der Waals surface area contributed by atoms with Crippen molar-refractivity contribution in [3.8, 4) is 0 Å². The lowest BCUT2D eigenvalue weighted by atomic mass is 10.0. The average Bonchev–Trinajstić information content (AvgIpc) is 2.25. The summed E-state index contributed by atoms with van der Waals surface area (Å²) in [7, 11) is 0. The van der Waals surface area contributed by atoms with Gasteiger partial charge < -0.3 is 5.73 Å². The summed E-state index contributed by atoms with van der Waals surface area (Å²) < 4.78 is 0. The quantitative estimate of drug-likeness (QED) is 0.478. The van der Waals surface area contributed by atoms with E-state index >= 15 is 0 Å². The van der Waals surface area contributed by atoms with Crippen LogP contribution in [0.3, 0.4) is 0 Å². The molecule has 3 N–H and O–H groups in total. The molecule has 0 bridgehead atoms. The highest BCUT2D eigenvalue weighted by atomic mass is 32.1. The monoisotopic (exact) mass is 235 g/mol. The Kier molecular flexibility index (Phi) is 4.92. The molecule has 0 heterocycles. The van der Waals surface area contributed by atoms with Gasteiger partial charge in [0.2, 0.25) is 0 Å². The van der Waals surface area contributed by atoms with E-state index in [9.17, 15) is 0 Å². The Hall–Kier alpha value is -1.42. The highest BCUT2D eigenvalue weighted by Gasteiger charge is 2.06. The second kappa shape index (κ2) is 6.23. The fourth-order valence-electron chi connectivity index (χ4n) is 1.37. The van der Waals surface area contributed by atoms with Crippen LogP contribution in [0.1, 0.15) is 25.8 Å². The van der Waals surface area contributed by atoms with Crippen molar-refractivity contribution in [1.29, 1.82) is 0 Å². The van der Waals surface area contributed by atoms with Crippen LogP contribution in [0.5, 0.6) is 0 Å². The largest absolute Gasteiger partial charge is 0.375 e. The molecule has 16 heavy (non-hydrogen) atoms. The molecule has 86 valence electrons. The fraction of sp³-hybridized carbons (Fsp3) is 0.333. The molecule has 0 saturated carbocycles. The highest BCUT2D eigenvalue weighted by molar-refractivity contribution is 7.80. The number of hydrogen-bond donors (Lipinski definition) is 2. The summed E-state index contributed by atoms with van der Waals surface area (Å²) in [5.74, 6) is 0.534. The van der Waals surface area contributed by atoms with Gasteiger partial charge in [0, 0.05) is 0 Å². The summed E-state index contributed by atoms with van der Waals surface area (Å²) in [5, 5.41) is 4.43. The predicted molar refractivity (Wildman–Crippen MR) is 72.4 cm³/mol. The minimum atomic E-state index is 0.192. The van der Waals surface area contributed by atoms with Gasteiger partial charge in [-0.05, 0) is 30.1 Å². The number of hydrogen-bond acceptors (Lipinski definition) is 2. The average molecular weight is 235 g/mol. The maximum absolute atomic E-state index is 5.36. The Balaban J connectivity index is 2.87. The third-order valence-corrected chi connectivity index (χ3v) is 2.10. The lowest BCUT2D eigenvalue weighted by Gasteiger charge is -2.09. The van der Waals surface area contributed by atoms with Gasteiger partial charge in [0.1, 0.15) is 0 Å². The van der Waals surface area contributed by atoms with E-state index in [0.29, 0.717) is 5.92 Å². The number of nitrogens with two attached hydrogens (primary N) is 1. The number of benzene rings is 1. The van der Waals surface area contributed by atoms with E-state index in [0.717, 1.165) is 17.7 Å². The zero-order valence-corrected chi connectivity index (χ0v) is 10.4. The van der Waals surface area contributed by atoms with E-state index in [1.807, 2.05) is 30.3 Å². The summed E-state index contributed by atoms with van der Waals surface area (Å²) in [6, 6.07) is 10.0. The van der Waals surface area contributed by atoms with Gasteiger partial charge in [-0.15, -0.1) is 0 Å². The SMILES string of the molecule is CC(C)CC(=NNC(N)=S)c1ccccc1. The molecule has 0 aliphatic carbocycles. The topological polar surface area (TPSA) is 50.4 Å². The summed E-state index contributed by atoms with van der Waals surface area (Å²) >= 11 is 4.74. The summed E-state index contributed by atoms with van der Waals surface area (Å²) in [6.45, 7) is 4.30. The fourth-order valence-corrected chi connectivity index (χ4v) is 1.41. The Morgan fingerprint density at radius 1 is 1.38 bits per heavy atom. The molecule has 0 radical (unpaired) electrons. The van der Waals surface area contributed by atoms with Crippen LogP contribution in [0, 0.1) is 5.92 Å². The number of nitrogens with one attached hydrogen (secondary N) is 1. The molecule has 0 aliphatic heterocycles. The molecular weight excluding hydrogens is 218 g/mol. The first-order chi connectivity index (χ1) is 7.59. The van der Waals surface area contributed by atoms with Crippen LogP contribution in [-0.2, 0) is 0 Å². The number of hydrazone groups is 1. The normalized spacial score (nSPS) is 11.6. The van der Waals surface area contributed by atoms with E-state index in [-0.39, 0.29) is 5.11 Å². The van der Waals surface area contributed by atoms with Crippen LogP contribution in [0.4, 0.5) is 0 Å². The molecule has 1 aromatic rings. The molecule has 4 heteroatoms. The molecule has 0 amide bonds. The number of nitrogens with zero attached hydrogens (tertiary/aromatic N) is 1. The molecule has 0 aromatic heterocycles. The van der Waals surface area contributed by atoms with Gasteiger partial charge >= 0.3 is 0 Å². The molecule has 0 fully saturated rings. The standard InChI is InChI=1S/C12H17N3S/c1-9(2)8-11(14-15-12(13)16)10-6-4-3-5-7-10/h3-7,9H,8H2,1-2H3,(H3,13,15,16). The third-order valence-electron chi connectivity index (χ3n) is 2.01. The molecule has 3 nitrogen and oxygen atoms in total. The van der Waals surface area contributed by atoms with Crippen LogP contribution >= 0.6 is 12.2 Å². The van der Waals surface area contributed by atoms with Crippen LogP contribution in [0.15, 0.2) is 35.4 Å². The van der Waals surface area contributed by atoms with Crippen molar-refractivity contribution in [2.24, 2.45) is 16.8 Å². The summed E-state index contributed by atoms with van der Waals surface area (Å²) in [4.78, 5) is 0. The predicted octanol–water partition coefficient (Wildman–Crippen LogP) is 2.27. The van der Waals surface area contributed by atoms with Crippen molar-refractivity contribution in [3.05, 3.63) is 35.9 Å². The Labute approximate surface area is 102 Å². The molecule has 1 rings (SSSR count). The first-order valence-corrected chi connectivity index (χ1v) is 5.68. The smallest absolute Gasteiger partial charge is 0.184 e. The van der Waals surface area contributed by atoms with Crippen LogP contribution in [0.2, 0.25) is 0 Å². The zero-order chi connectivity index (χ0) is 12.0. The molecule has 0 aliphatic rings. The van der Waals surface area contributed by atoms with E-state index in [1.165, 1.54) is 0 Å². The van der Waals surface area contributed by atoms with Gasteiger partial charge in [-0.25, -0.2) is 0 Å². The molecule has 1 aromatic carbocycles. The van der Waals surface area contributed by atoms with Gasteiger partial charge in [-0.1, -0.05) is 44.2 Å². The van der Waals surface area contributed by atoms with Gasteiger partial charge in [0.25, 0.3) is 0 Å². The van der Waals surface area contributed by atoms with Crippen molar-refractivity contribution >= 4 is 23.0 Å². The first-order valence-electron chi connectivity index (χ1n) is 5.27. The van der Waals surface area contributed by atoms with Gasteiger partial charge in [0.05, 0.1) is 5.71 Å². The maximum atomic E-state index is 5.36. The third kappa shape index (κ3) is 4.40. The van der Waals surface area contributed by atoms with Crippen molar-refractivity contribution < 1.29 is 0 Å².